The van der Waals surface area contributed by atoms with E-state index in [0.29, 0.717) is 38.5 Å². The Labute approximate surface area is 220 Å². The van der Waals surface area contributed by atoms with Gasteiger partial charge in [-0.2, -0.15) is 0 Å². The van der Waals surface area contributed by atoms with Crippen molar-refractivity contribution in [1.29, 1.82) is 0 Å². The molecular weight excluding hydrogens is 485 g/mol. The number of methoxy groups -OCH3 is 1. The summed E-state index contributed by atoms with van der Waals surface area (Å²) in [5, 5.41) is 18.2. The Morgan fingerprint density at radius 3 is 2.83 bits per heavy atom. The van der Waals surface area contributed by atoms with Gasteiger partial charge in [0.1, 0.15) is 17.5 Å². The van der Waals surface area contributed by atoms with Gasteiger partial charge in [0.05, 0.1) is 18.2 Å². The largest absolute Gasteiger partial charge is 0.385 e. The van der Waals surface area contributed by atoms with Crippen molar-refractivity contribution >= 4 is 17.6 Å². The zero-order chi connectivity index (χ0) is 26.0. The molecule has 1 aromatic carbocycles. The average Bonchev–Trinajstić information content (AvgIpc) is 2.89. The first-order chi connectivity index (χ1) is 17.4. The number of halogens is 2. The molecule has 3 N–H and O–H groups in total. The SMILES string of the molecule is CNC[C@H](CC1CCCCC1)NC(=O)N1CCO[C@@H]([C@](O)(CCCCOC)c2cccc(Cl)c2F)C1. The summed E-state index contributed by atoms with van der Waals surface area (Å²) in [6, 6.07) is 4.49. The monoisotopic (exact) mass is 527 g/mol. The number of unbranched alkanes of at least 4 members (excludes halogenated alkanes) is 1. The highest BCUT2D eigenvalue weighted by Crippen LogP contribution is 2.37. The van der Waals surface area contributed by atoms with Crippen molar-refractivity contribution in [3.05, 3.63) is 34.6 Å². The molecule has 0 radical (unpaired) electrons. The Morgan fingerprint density at radius 2 is 2.11 bits per heavy atom. The molecule has 1 aliphatic heterocycles. The van der Waals surface area contributed by atoms with Gasteiger partial charge in [-0.05, 0) is 44.7 Å². The smallest absolute Gasteiger partial charge is 0.317 e. The van der Waals surface area contributed by atoms with Crippen molar-refractivity contribution in [1.82, 2.24) is 15.5 Å². The molecule has 0 unspecified atom stereocenters. The molecule has 36 heavy (non-hydrogen) atoms. The van der Waals surface area contributed by atoms with Gasteiger partial charge in [0.2, 0.25) is 0 Å². The molecule has 0 aromatic heterocycles. The summed E-state index contributed by atoms with van der Waals surface area (Å²) in [5.74, 6) is -0.0158. The van der Waals surface area contributed by atoms with Gasteiger partial charge in [-0.3, -0.25) is 0 Å². The maximum Gasteiger partial charge on any atom is 0.317 e. The summed E-state index contributed by atoms with van der Waals surface area (Å²) < 4.78 is 26.2. The van der Waals surface area contributed by atoms with Gasteiger partial charge in [-0.25, -0.2) is 9.18 Å². The molecule has 7 nitrogen and oxygen atoms in total. The number of aliphatic hydroxyl groups is 1. The number of likely N-dealkylation sites (N-methyl/N-ethyl adjacent to an activating group) is 1. The number of hydrogen-bond donors (Lipinski definition) is 3. The molecular formula is C27H43ClFN3O4. The van der Waals surface area contributed by atoms with Crippen LogP contribution in [0.15, 0.2) is 18.2 Å². The quantitative estimate of drug-likeness (QED) is 0.350. The van der Waals surface area contributed by atoms with Gasteiger partial charge in [0.25, 0.3) is 0 Å². The van der Waals surface area contributed by atoms with Gasteiger partial charge in [0.15, 0.2) is 0 Å². The predicted octanol–water partition coefficient (Wildman–Crippen LogP) is 4.45. The molecule has 0 bridgehead atoms. The number of carbonyl (C=O) groups is 1. The van der Waals surface area contributed by atoms with Crippen molar-refractivity contribution in [3.8, 4) is 0 Å². The highest BCUT2D eigenvalue weighted by molar-refractivity contribution is 6.30. The van der Waals surface area contributed by atoms with Crippen molar-refractivity contribution in [2.75, 3.05) is 47.0 Å². The zero-order valence-corrected chi connectivity index (χ0v) is 22.5. The minimum absolute atomic E-state index is 0.0326. The molecule has 9 heteroatoms. The number of amides is 2. The van der Waals surface area contributed by atoms with E-state index in [2.05, 4.69) is 10.6 Å². The highest BCUT2D eigenvalue weighted by atomic mass is 35.5. The number of nitrogens with zero attached hydrogens (tertiary/aromatic N) is 1. The molecule has 3 atom stereocenters. The van der Waals surface area contributed by atoms with E-state index in [-0.39, 0.29) is 42.2 Å². The third-order valence-corrected chi connectivity index (χ3v) is 7.87. The third-order valence-electron chi connectivity index (χ3n) is 7.58. The number of ether oxygens (including phenoxy) is 2. The average molecular weight is 528 g/mol. The van der Waals surface area contributed by atoms with Crippen LogP contribution in [-0.2, 0) is 15.1 Å². The summed E-state index contributed by atoms with van der Waals surface area (Å²) in [6.45, 7) is 2.08. The van der Waals surface area contributed by atoms with Crippen molar-refractivity contribution in [2.24, 2.45) is 5.92 Å². The van der Waals surface area contributed by atoms with E-state index < -0.39 is 17.5 Å². The van der Waals surface area contributed by atoms with E-state index in [1.54, 1.807) is 24.1 Å². The number of rotatable bonds is 12. The van der Waals surface area contributed by atoms with Crippen LogP contribution in [0.5, 0.6) is 0 Å². The van der Waals surface area contributed by atoms with E-state index in [9.17, 15) is 9.90 Å². The van der Waals surface area contributed by atoms with Crippen molar-refractivity contribution in [3.63, 3.8) is 0 Å². The Kier molecular flexibility index (Phi) is 11.7. The number of morpholine rings is 1. The molecule has 2 amide bonds. The van der Waals surface area contributed by atoms with Crippen LogP contribution in [0.3, 0.4) is 0 Å². The number of nitrogens with one attached hydrogen (secondary N) is 2. The fraction of sp³-hybridized carbons (Fsp3) is 0.741. The maximum atomic E-state index is 15.1. The van der Waals surface area contributed by atoms with Crippen molar-refractivity contribution in [2.45, 2.75) is 75.5 Å². The first kappa shape index (κ1) is 29.1. The molecule has 3 rings (SSSR count). The van der Waals surface area contributed by atoms with Crippen LogP contribution in [0.2, 0.25) is 5.02 Å². The minimum atomic E-state index is -1.63. The van der Waals surface area contributed by atoms with Crippen LogP contribution in [0.4, 0.5) is 9.18 Å². The molecule has 204 valence electrons. The number of hydrogen-bond acceptors (Lipinski definition) is 5. The second-order valence-electron chi connectivity index (χ2n) is 10.2. The fourth-order valence-electron chi connectivity index (χ4n) is 5.60. The fourth-order valence-corrected chi connectivity index (χ4v) is 5.78. The minimum Gasteiger partial charge on any atom is -0.385 e. The van der Waals surface area contributed by atoms with Crippen LogP contribution >= 0.6 is 11.6 Å². The van der Waals surface area contributed by atoms with Gasteiger partial charge in [0, 0.05) is 38.4 Å². The number of urea groups is 1. The highest BCUT2D eigenvalue weighted by Gasteiger charge is 2.44. The van der Waals surface area contributed by atoms with Crippen LogP contribution in [0.1, 0.15) is 63.4 Å². The van der Waals surface area contributed by atoms with E-state index in [1.165, 1.54) is 38.2 Å². The zero-order valence-electron chi connectivity index (χ0n) is 21.7. The summed E-state index contributed by atoms with van der Waals surface area (Å²) in [7, 11) is 3.52. The van der Waals surface area contributed by atoms with E-state index in [0.717, 1.165) is 6.42 Å². The molecule has 2 fully saturated rings. The van der Waals surface area contributed by atoms with E-state index in [1.807, 2.05) is 7.05 Å². The van der Waals surface area contributed by atoms with Gasteiger partial charge in [-0.1, -0.05) is 55.8 Å². The van der Waals surface area contributed by atoms with Gasteiger partial charge < -0.3 is 30.1 Å². The Hall–Kier alpha value is -1.45. The topological polar surface area (TPSA) is 83.1 Å². The first-order valence-corrected chi connectivity index (χ1v) is 13.7. The molecule has 1 saturated carbocycles. The van der Waals surface area contributed by atoms with Crippen LogP contribution in [0.25, 0.3) is 0 Å². The molecule has 1 heterocycles. The van der Waals surface area contributed by atoms with Crippen LogP contribution in [0, 0.1) is 11.7 Å². The lowest BCUT2D eigenvalue weighted by Gasteiger charge is -2.43. The third kappa shape index (κ3) is 7.78. The summed E-state index contributed by atoms with van der Waals surface area (Å²) >= 11 is 6.06. The maximum absolute atomic E-state index is 15.1. The van der Waals surface area contributed by atoms with Crippen LogP contribution in [-0.4, -0.2) is 75.2 Å². The molecule has 1 aromatic rings. The molecule has 1 aliphatic carbocycles. The summed E-state index contributed by atoms with van der Waals surface area (Å²) in [6.07, 6.45) is 8.02. The predicted molar refractivity (Wildman–Crippen MR) is 140 cm³/mol. The lowest BCUT2D eigenvalue weighted by Crippen LogP contribution is -2.58. The lowest BCUT2D eigenvalue weighted by atomic mass is 9.82. The van der Waals surface area contributed by atoms with Crippen LogP contribution < -0.4 is 10.6 Å². The van der Waals surface area contributed by atoms with Gasteiger partial charge in [-0.15, -0.1) is 0 Å². The van der Waals surface area contributed by atoms with Gasteiger partial charge >= 0.3 is 6.03 Å². The van der Waals surface area contributed by atoms with E-state index in [4.69, 9.17) is 21.1 Å². The number of benzene rings is 1. The molecule has 1 saturated heterocycles. The normalized spacial score (nSPS) is 21.7. The number of carbonyl (C=O) groups excluding carboxylic acids is 1. The summed E-state index contributed by atoms with van der Waals surface area (Å²) in [5.41, 5.74) is -1.53. The Morgan fingerprint density at radius 1 is 1.33 bits per heavy atom. The van der Waals surface area contributed by atoms with E-state index >= 15 is 4.39 Å². The Balaban J connectivity index is 1.72. The first-order valence-electron chi connectivity index (χ1n) is 13.4. The second kappa shape index (κ2) is 14.5. The summed E-state index contributed by atoms with van der Waals surface area (Å²) in [4.78, 5) is 15.0. The van der Waals surface area contributed by atoms with Crippen molar-refractivity contribution < 1.29 is 23.8 Å². The molecule has 2 aliphatic rings. The lowest BCUT2D eigenvalue weighted by molar-refractivity contribution is -0.147. The second-order valence-corrected chi connectivity index (χ2v) is 10.6. The molecule has 0 spiro atoms. The Bertz CT molecular complexity index is 826. The standard InChI is InChI=1S/C27H43ClFN3O4/c1-30-18-21(17-20-9-4-3-5-10-20)31-26(33)32-14-16-36-24(19-32)27(34,13-6-7-15-35-2)22-11-8-12-23(28)25(22)29/h8,11-12,20-21,24,30,34H,3-7,9-10,13-19H2,1-2H3,(H,31,33)/t21-,24+,27-/m0/s1.